The molecule has 0 aliphatic rings. The minimum absolute atomic E-state index is 0.0747. The van der Waals surface area contributed by atoms with Crippen molar-refractivity contribution in [3.63, 3.8) is 0 Å². The van der Waals surface area contributed by atoms with Crippen molar-refractivity contribution in [2.45, 2.75) is 0 Å². The molecule has 1 unspecified atom stereocenters. The molecule has 0 bridgehead atoms. The Morgan fingerprint density at radius 1 is 1.57 bits per heavy atom. The van der Waals surface area contributed by atoms with Crippen molar-refractivity contribution in [1.82, 2.24) is 10.2 Å². The average molecular weight is 236 g/mol. The molecule has 1 aromatic rings. The lowest BCUT2D eigenvalue weighted by molar-refractivity contribution is -0.114. The van der Waals surface area contributed by atoms with Crippen molar-refractivity contribution in [2.75, 3.05) is 16.6 Å². The van der Waals surface area contributed by atoms with Crippen LogP contribution in [0.25, 0.3) is 0 Å². The standard InChI is InChI=1S/C4H7N5O3S2/c5-1-2(10)6-3-7-8-4(13-3)9-14(11)12/h1,5H2,(H,8,9)(H,11,12)(H,6,7,10)/p-1. The van der Waals surface area contributed by atoms with Gasteiger partial charge in [-0.25, -0.2) is 0 Å². The van der Waals surface area contributed by atoms with E-state index in [2.05, 4.69) is 15.5 Å². The molecular formula is C4H6N5O3S2-. The van der Waals surface area contributed by atoms with Crippen molar-refractivity contribution in [3.05, 3.63) is 0 Å². The molecule has 0 aromatic carbocycles. The first-order valence-electron chi connectivity index (χ1n) is 3.31. The van der Waals surface area contributed by atoms with E-state index in [0.717, 1.165) is 11.3 Å². The molecule has 4 N–H and O–H groups in total. The molecule has 0 radical (unpaired) electrons. The van der Waals surface area contributed by atoms with Gasteiger partial charge < -0.3 is 10.3 Å². The first-order chi connectivity index (χ1) is 6.61. The highest BCUT2D eigenvalue weighted by Crippen LogP contribution is 2.19. The predicted molar refractivity (Wildman–Crippen MR) is 50.1 cm³/mol. The van der Waals surface area contributed by atoms with E-state index in [0.29, 0.717) is 0 Å². The quantitative estimate of drug-likeness (QED) is 0.553. The molecule has 8 nitrogen and oxygen atoms in total. The molecule has 1 atom stereocenters. The predicted octanol–water partition coefficient (Wildman–Crippen LogP) is -1.36. The van der Waals surface area contributed by atoms with Crippen molar-refractivity contribution in [1.29, 1.82) is 0 Å². The molecule has 1 heterocycles. The number of amides is 1. The maximum absolute atomic E-state index is 10.8. The molecule has 0 spiro atoms. The number of carbonyl (C=O) groups is 1. The van der Waals surface area contributed by atoms with E-state index in [4.69, 9.17) is 5.73 Å². The number of nitrogens with two attached hydrogens (primary N) is 1. The Labute approximate surface area is 85.3 Å². The van der Waals surface area contributed by atoms with Crippen LogP contribution in [0.1, 0.15) is 0 Å². The van der Waals surface area contributed by atoms with Crippen LogP contribution in [0.3, 0.4) is 0 Å². The molecule has 0 aliphatic heterocycles. The van der Waals surface area contributed by atoms with Crippen molar-refractivity contribution in [2.24, 2.45) is 5.73 Å². The molecule has 0 fully saturated rings. The molecule has 14 heavy (non-hydrogen) atoms. The number of hydrogen-bond donors (Lipinski definition) is 3. The molecule has 1 aromatic heterocycles. The summed E-state index contributed by atoms with van der Waals surface area (Å²) in [5, 5.41) is 9.54. The summed E-state index contributed by atoms with van der Waals surface area (Å²) < 4.78 is 22.3. The molecule has 0 saturated heterocycles. The lowest BCUT2D eigenvalue weighted by atomic mass is 10.6. The van der Waals surface area contributed by atoms with Crippen LogP contribution < -0.4 is 15.8 Å². The van der Waals surface area contributed by atoms with E-state index in [1.54, 1.807) is 0 Å². The summed E-state index contributed by atoms with van der Waals surface area (Å²) in [5.74, 6) is -0.420. The zero-order chi connectivity index (χ0) is 10.6. The van der Waals surface area contributed by atoms with Crippen molar-refractivity contribution in [3.8, 4) is 0 Å². The van der Waals surface area contributed by atoms with Gasteiger partial charge in [0.2, 0.25) is 16.2 Å². The second-order valence-corrected chi connectivity index (χ2v) is 3.65. The minimum atomic E-state index is -2.45. The van der Waals surface area contributed by atoms with Crippen molar-refractivity contribution >= 4 is 38.8 Å². The summed E-state index contributed by atoms with van der Waals surface area (Å²) >= 11 is -1.56. The van der Waals surface area contributed by atoms with Crippen LogP contribution in [-0.2, 0) is 16.1 Å². The Morgan fingerprint density at radius 3 is 2.79 bits per heavy atom. The van der Waals surface area contributed by atoms with Gasteiger partial charge in [-0.3, -0.25) is 19.0 Å². The Bertz CT molecular complexity index is 353. The lowest BCUT2D eigenvalue weighted by Gasteiger charge is -2.01. The van der Waals surface area contributed by atoms with E-state index in [1.165, 1.54) is 0 Å². The first-order valence-corrected chi connectivity index (χ1v) is 5.20. The van der Waals surface area contributed by atoms with Gasteiger partial charge in [0, 0.05) is 11.3 Å². The fraction of sp³-hybridized carbons (Fsp3) is 0.250. The zero-order valence-electron chi connectivity index (χ0n) is 6.72. The SMILES string of the molecule is NCC(=O)Nc1nnc(NS(=O)[O-])s1. The topological polar surface area (TPSA) is 133 Å². The summed E-state index contributed by atoms with van der Waals surface area (Å²) in [6.45, 7) is -0.171. The first kappa shape index (κ1) is 11.0. The van der Waals surface area contributed by atoms with Crippen LogP contribution >= 0.6 is 11.3 Å². The number of aromatic nitrogens is 2. The Morgan fingerprint density at radius 2 is 2.21 bits per heavy atom. The molecule has 10 heteroatoms. The highest BCUT2D eigenvalue weighted by atomic mass is 32.2. The second kappa shape index (κ2) is 4.95. The fourth-order valence-electron chi connectivity index (χ4n) is 0.557. The van der Waals surface area contributed by atoms with Crippen LogP contribution in [-0.4, -0.2) is 31.4 Å². The highest BCUT2D eigenvalue weighted by molar-refractivity contribution is 7.80. The molecule has 0 aliphatic carbocycles. The number of carbonyl (C=O) groups excluding carboxylic acids is 1. The number of nitrogens with one attached hydrogen (secondary N) is 2. The Balaban J connectivity index is 2.59. The van der Waals surface area contributed by atoms with Gasteiger partial charge in [0.15, 0.2) is 0 Å². The van der Waals surface area contributed by atoms with Gasteiger partial charge in [0.1, 0.15) is 0 Å². The minimum Gasteiger partial charge on any atom is -0.755 e. The van der Waals surface area contributed by atoms with E-state index in [-0.39, 0.29) is 16.8 Å². The van der Waals surface area contributed by atoms with E-state index >= 15 is 0 Å². The summed E-state index contributed by atoms with van der Waals surface area (Å²) in [4.78, 5) is 10.8. The van der Waals surface area contributed by atoms with Crippen molar-refractivity contribution < 1.29 is 13.6 Å². The number of hydrogen-bond acceptors (Lipinski definition) is 7. The van der Waals surface area contributed by atoms with Gasteiger partial charge in [-0.2, -0.15) is 0 Å². The molecule has 0 saturated carbocycles. The highest BCUT2D eigenvalue weighted by Gasteiger charge is 2.05. The van der Waals surface area contributed by atoms with Crippen LogP contribution in [0.2, 0.25) is 0 Å². The van der Waals surface area contributed by atoms with Crippen LogP contribution in [0.4, 0.5) is 10.3 Å². The van der Waals surface area contributed by atoms with Gasteiger partial charge in [0.25, 0.3) is 0 Å². The molecular weight excluding hydrogens is 230 g/mol. The Hall–Kier alpha value is -1.10. The smallest absolute Gasteiger partial charge is 0.239 e. The third-order valence-electron chi connectivity index (χ3n) is 1.03. The van der Waals surface area contributed by atoms with E-state index in [1.807, 2.05) is 4.72 Å². The lowest BCUT2D eigenvalue weighted by Crippen LogP contribution is -2.21. The summed E-state index contributed by atoms with van der Waals surface area (Å²) in [7, 11) is 0. The maximum atomic E-state index is 10.8. The number of rotatable bonds is 4. The number of nitrogens with zero attached hydrogens (tertiary/aromatic N) is 2. The number of anilines is 2. The van der Waals surface area contributed by atoms with Crippen LogP contribution in [0, 0.1) is 0 Å². The van der Waals surface area contributed by atoms with Gasteiger partial charge in [-0.05, 0) is 0 Å². The van der Waals surface area contributed by atoms with Gasteiger partial charge >= 0.3 is 0 Å². The van der Waals surface area contributed by atoms with Crippen LogP contribution in [0.15, 0.2) is 0 Å². The van der Waals surface area contributed by atoms with Crippen LogP contribution in [0.5, 0.6) is 0 Å². The summed E-state index contributed by atoms with van der Waals surface area (Å²) in [6, 6.07) is 0. The van der Waals surface area contributed by atoms with E-state index in [9.17, 15) is 13.6 Å². The largest absolute Gasteiger partial charge is 0.755 e. The third kappa shape index (κ3) is 3.33. The molecule has 78 valence electrons. The van der Waals surface area contributed by atoms with Gasteiger partial charge in [0.05, 0.1) is 6.54 Å². The molecule has 1 amide bonds. The fourth-order valence-corrected chi connectivity index (χ4v) is 1.62. The van der Waals surface area contributed by atoms with Gasteiger partial charge in [-0.1, -0.05) is 11.3 Å². The Kier molecular flexibility index (Phi) is 3.88. The summed E-state index contributed by atoms with van der Waals surface area (Å²) in [6.07, 6.45) is 0. The maximum Gasteiger partial charge on any atom is 0.239 e. The normalized spacial score (nSPS) is 12.1. The average Bonchev–Trinajstić information content (AvgIpc) is 2.51. The van der Waals surface area contributed by atoms with Gasteiger partial charge in [-0.15, -0.1) is 10.2 Å². The summed E-state index contributed by atoms with van der Waals surface area (Å²) in [5.41, 5.74) is 5.04. The second-order valence-electron chi connectivity index (χ2n) is 2.00. The van der Waals surface area contributed by atoms with E-state index < -0.39 is 17.2 Å². The zero-order valence-corrected chi connectivity index (χ0v) is 8.35. The monoisotopic (exact) mass is 236 g/mol. The molecule has 1 rings (SSSR count). The third-order valence-corrected chi connectivity index (χ3v) is 2.27.